The van der Waals surface area contributed by atoms with Crippen LogP contribution < -0.4 is 0 Å². The van der Waals surface area contributed by atoms with E-state index in [0.29, 0.717) is 37.4 Å². The fraction of sp³-hybridized carbons (Fsp3) is 0.250. The first kappa shape index (κ1) is 15.1. The van der Waals surface area contributed by atoms with Crippen molar-refractivity contribution in [3.63, 3.8) is 0 Å². The number of hydrogen-bond donors (Lipinski definition) is 0. The third-order valence-electron chi connectivity index (χ3n) is 3.73. The molecule has 0 radical (unpaired) electrons. The molecule has 0 saturated carbocycles. The van der Waals surface area contributed by atoms with Gasteiger partial charge in [0, 0.05) is 44.1 Å². The van der Waals surface area contributed by atoms with Gasteiger partial charge < -0.3 is 9.80 Å². The van der Waals surface area contributed by atoms with Gasteiger partial charge in [0.25, 0.3) is 11.8 Å². The molecular formula is C16H15FN4O2. The Morgan fingerprint density at radius 3 is 2.09 bits per heavy atom. The van der Waals surface area contributed by atoms with Gasteiger partial charge >= 0.3 is 0 Å². The molecule has 1 fully saturated rings. The van der Waals surface area contributed by atoms with Crippen molar-refractivity contribution in [2.24, 2.45) is 0 Å². The lowest BCUT2D eigenvalue weighted by Crippen LogP contribution is -2.50. The van der Waals surface area contributed by atoms with Crippen LogP contribution in [0.2, 0.25) is 0 Å². The SMILES string of the molecule is O=C(c1ccc(F)cc1)N1CCN(C(=O)c2cnccn2)CC1. The van der Waals surface area contributed by atoms with Gasteiger partial charge in [-0.3, -0.25) is 14.6 Å². The summed E-state index contributed by atoms with van der Waals surface area (Å²) in [5.74, 6) is -0.718. The first-order chi connectivity index (χ1) is 11.1. The number of benzene rings is 1. The van der Waals surface area contributed by atoms with E-state index >= 15 is 0 Å². The van der Waals surface area contributed by atoms with Crippen LogP contribution in [0.15, 0.2) is 42.9 Å². The molecule has 0 N–H and O–H groups in total. The lowest BCUT2D eigenvalue weighted by molar-refractivity contribution is 0.0532. The number of hydrogen-bond acceptors (Lipinski definition) is 4. The van der Waals surface area contributed by atoms with Gasteiger partial charge in [-0.25, -0.2) is 9.37 Å². The van der Waals surface area contributed by atoms with Crippen LogP contribution >= 0.6 is 0 Å². The van der Waals surface area contributed by atoms with Crippen LogP contribution in [-0.4, -0.2) is 57.8 Å². The van der Waals surface area contributed by atoms with Crippen LogP contribution in [0.5, 0.6) is 0 Å². The summed E-state index contributed by atoms with van der Waals surface area (Å²) in [5.41, 5.74) is 0.742. The number of piperazine rings is 1. The minimum absolute atomic E-state index is 0.156. The van der Waals surface area contributed by atoms with E-state index in [2.05, 4.69) is 9.97 Å². The van der Waals surface area contributed by atoms with Crippen molar-refractivity contribution >= 4 is 11.8 Å². The fourth-order valence-corrected chi connectivity index (χ4v) is 2.46. The van der Waals surface area contributed by atoms with Crippen LogP contribution in [0.25, 0.3) is 0 Å². The number of rotatable bonds is 2. The lowest BCUT2D eigenvalue weighted by Gasteiger charge is -2.34. The molecule has 2 aromatic rings. The third-order valence-corrected chi connectivity index (χ3v) is 3.73. The highest BCUT2D eigenvalue weighted by Crippen LogP contribution is 2.11. The van der Waals surface area contributed by atoms with Gasteiger partial charge in [0.2, 0.25) is 0 Å². The Balaban J connectivity index is 1.61. The summed E-state index contributed by atoms with van der Waals surface area (Å²) in [6.45, 7) is 1.73. The van der Waals surface area contributed by atoms with Gasteiger partial charge in [-0.2, -0.15) is 0 Å². The predicted octanol–water partition coefficient (Wildman–Crippen LogP) is 1.21. The van der Waals surface area contributed by atoms with Crippen molar-refractivity contribution in [2.45, 2.75) is 0 Å². The van der Waals surface area contributed by atoms with E-state index in [0.717, 1.165) is 0 Å². The topological polar surface area (TPSA) is 66.4 Å². The van der Waals surface area contributed by atoms with Gasteiger partial charge in [0.05, 0.1) is 6.20 Å². The van der Waals surface area contributed by atoms with Crippen molar-refractivity contribution in [3.05, 3.63) is 59.9 Å². The normalized spacial score (nSPS) is 14.7. The zero-order valence-electron chi connectivity index (χ0n) is 12.4. The average Bonchev–Trinajstić information content (AvgIpc) is 2.62. The lowest BCUT2D eigenvalue weighted by atomic mass is 10.1. The number of carbonyl (C=O) groups is 2. The second-order valence-corrected chi connectivity index (χ2v) is 5.18. The molecule has 0 unspecified atom stereocenters. The Bertz CT molecular complexity index is 698. The molecule has 1 aromatic carbocycles. The van der Waals surface area contributed by atoms with Crippen molar-refractivity contribution in [1.82, 2.24) is 19.8 Å². The highest BCUT2D eigenvalue weighted by molar-refractivity contribution is 5.95. The summed E-state index contributed by atoms with van der Waals surface area (Å²) in [7, 11) is 0. The molecule has 0 atom stereocenters. The van der Waals surface area contributed by atoms with Crippen molar-refractivity contribution in [3.8, 4) is 0 Å². The molecule has 118 valence electrons. The number of amides is 2. The monoisotopic (exact) mass is 314 g/mol. The second kappa shape index (κ2) is 6.51. The highest BCUT2D eigenvalue weighted by atomic mass is 19.1. The Labute approximate surface area is 132 Å². The van der Waals surface area contributed by atoms with Crippen LogP contribution in [0, 0.1) is 5.82 Å². The van der Waals surface area contributed by atoms with E-state index < -0.39 is 0 Å². The van der Waals surface area contributed by atoms with E-state index in [9.17, 15) is 14.0 Å². The number of nitrogens with zero attached hydrogens (tertiary/aromatic N) is 4. The van der Waals surface area contributed by atoms with Crippen LogP contribution in [0.3, 0.4) is 0 Å². The van der Waals surface area contributed by atoms with Gasteiger partial charge in [-0.15, -0.1) is 0 Å². The maximum atomic E-state index is 12.9. The molecule has 1 aromatic heterocycles. The zero-order chi connectivity index (χ0) is 16.2. The first-order valence-corrected chi connectivity index (χ1v) is 7.25. The summed E-state index contributed by atoms with van der Waals surface area (Å²) in [4.78, 5) is 35.8. The molecule has 2 heterocycles. The van der Waals surface area contributed by atoms with Gasteiger partial charge in [0.1, 0.15) is 11.5 Å². The average molecular weight is 314 g/mol. The van der Waals surface area contributed by atoms with Gasteiger partial charge in [-0.05, 0) is 24.3 Å². The molecular weight excluding hydrogens is 299 g/mol. The minimum Gasteiger partial charge on any atom is -0.335 e. The number of halogens is 1. The Hall–Kier alpha value is -2.83. The first-order valence-electron chi connectivity index (χ1n) is 7.25. The molecule has 1 aliphatic heterocycles. The third kappa shape index (κ3) is 3.33. The Morgan fingerprint density at radius 2 is 1.52 bits per heavy atom. The van der Waals surface area contributed by atoms with E-state index in [4.69, 9.17) is 0 Å². The second-order valence-electron chi connectivity index (χ2n) is 5.18. The molecule has 0 aliphatic carbocycles. The maximum Gasteiger partial charge on any atom is 0.274 e. The molecule has 7 heteroatoms. The molecule has 0 spiro atoms. The number of aromatic nitrogens is 2. The Morgan fingerprint density at radius 1 is 0.913 bits per heavy atom. The van der Waals surface area contributed by atoms with Gasteiger partial charge in [-0.1, -0.05) is 0 Å². The summed E-state index contributed by atoms with van der Waals surface area (Å²) in [6, 6.07) is 5.46. The highest BCUT2D eigenvalue weighted by Gasteiger charge is 2.26. The predicted molar refractivity (Wildman–Crippen MR) is 80.2 cm³/mol. The van der Waals surface area contributed by atoms with Crippen LogP contribution in [0.1, 0.15) is 20.8 Å². The molecule has 23 heavy (non-hydrogen) atoms. The molecule has 1 saturated heterocycles. The summed E-state index contributed by atoms with van der Waals surface area (Å²) in [6.07, 6.45) is 4.41. The van der Waals surface area contributed by atoms with Crippen molar-refractivity contribution < 1.29 is 14.0 Å². The quantitative estimate of drug-likeness (QED) is 0.836. The van der Waals surface area contributed by atoms with Crippen LogP contribution in [0.4, 0.5) is 4.39 Å². The fourth-order valence-electron chi connectivity index (χ4n) is 2.46. The van der Waals surface area contributed by atoms with Crippen molar-refractivity contribution in [2.75, 3.05) is 26.2 Å². The molecule has 6 nitrogen and oxygen atoms in total. The van der Waals surface area contributed by atoms with E-state index in [1.165, 1.54) is 42.9 Å². The van der Waals surface area contributed by atoms with E-state index in [-0.39, 0.29) is 17.6 Å². The maximum absolute atomic E-state index is 12.9. The smallest absolute Gasteiger partial charge is 0.274 e. The standard InChI is InChI=1S/C16H15FN4O2/c17-13-3-1-12(2-4-13)15(22)20-7-9-21(10-8-20)16(23)14-11-18-5-6-19-14/h1-6,11H,7-10H2. The summed E-state index contributed by atoms with van der Waals surface area (Å²) >= 11 is 0. The molecule has 2 amide bonds. The largest absolute Gasteiger partial charge is 0.335 e. The van der Waals surface area contributed by atoms with E-state index in [1.807, 2.05) is 0 Å². The van der Waals surface area contributed by atoms with Gasteiger partial charge in [0.15, 0.2) is 0 Å². The van der Waals surface area contributed by atoms with Crippen LogP contribution in [-0.2, 0) is 0 Å². The summed E-state index contributed by atoms with van der Waals surface area (Å²) in [5, 5.41) is 0. The Kier molecular flexibility index (Phi) is 4.27. The minimum atomic E-state index is -0.374. The molecule has 3 rings (SSSR count). The molecule has 1 aliphatic rings. The van der Waals surface area contributed by atoms with E-state index in [1.54, 1.807) is 9.80 Å². The summed E-state index contributed by atoms with van der Waals surface area (Å²) < 4.78 is 12.9. The molecule has 0 bridgehead atoms. The zero-order valence-corrected chi connectivity index (χ0v) is 12.4. The van der Waals surface area contributed by atoms with Crippen molar-refractivity contribution in [1.29, 1.82) is 0 Å². The number of carbonyl (C=O) groups excluding carboxylic acids is 2.